The molecule has 2 fully saturated rings. The Morgan fingerprint density at radius 2 is 2.04 bits per heavy atom. The molecule has 0 bridgehead atoms. The summed E-state index contributed by atoms with van der Waals surface area (Å²) in [6.45, 7) is 3.50. The quantitative estimate of drug-likeness (QED) is 0.800. The van der Waals surface area contributed by atoms with Gasteiger partial charge in [0.15, 0.2) is 0 Å². The lowest BCUT2D eigenvalue weighted by molar-refractivity contribution is -0.139. The molecule has 2 aliphatic rings. The van der Waals surface area contributed by atoms with Crippen molar-refractivity contribution < 1.29 is 14.3 Å². The van der Waals surface area contributed by atoms with Gasteiger partial charge in [0.1, 0.15) is 0 Å². The van der Waals surface area contributed by atoms with E-state index in [1.54, 1.807) is 0 Å². The third-order valence-electron chi connectivity index (χ3n) is 4.79. The minimum absolute atomic E-state index is 0.0743. The largest absolute Gasteiger partial charge is 0.374 e. The van der Waals surface area contributed by atoms with E-state index in [4.69, 9.17) is 4.74 Å². The zero-order valence-electron chi connectivity index (χ0n) is 14.2. The van der Waals surface area contributed by atoms with Crippen LogP contribution in [0.2, 0.25) is 0 Å². The Morgan fingerprint density at radius 3 is 2.79 bits per heavy atom. The van der Waals surface area contributed by atoms with Crippen LogP contribution in [-0.2, 0) is 20.7 Å². The molecule has 0 saturated carbocycles. The number of ether oxygens (including phenoxy) is 1. The number of likely N-dealkylation sites (tertiary alicyclic amines) is 1. The molecule has 1 atom stereocenters. The number of benzene rings is 1. The van der Waals surface area contributed by atoms with Crippen molar-refractivity contribution >= 4 is 11.8 Å². The molecular weight excluding hydrogens is 304 g/mol. The zero-order chi connectivity index (χ0) is 16.8. The summed E-state index contributed by atoms with van der Waals surface area (Å²) >= 11 is 0. The Balaban J connectivity index is 1.42. The van der Waals surface area contributed by atoms with Crippen LogP contribution in [-0.4, -0.2) is 60.5 Å². The summed E-state index contributed by atoms with van der Waals surface area (Å²) in [5.41, 5.74) is 1.24. The highest BCUT2D eigenvalue weighted by atomic mass is 16.5. The van der Waals surface area contributed by atoms with E-state index >= 15 is 0 Å². The van der Waals surface area contributed by atoms with E-state index in [1.807, 2.05) is 28.0 Å². The summed E-state index contributed by atoms with van der Waals surface area (Å²) in [6.07, 6.45) is 3.81. The van der Waals surface area contributed by atoms with Gasteiger partial charge in [-0.2, -0.15) is 0 Å². The van der Waals surface area contributed by atoms with Gasteiger partial charge in [0.25, 0.3) is 0 Å². The van der Waals surface area contributed by atoms with Gasteiger partial charge in [-0.3, -0.25) is 9.59 Å². The summed E-state index contributed by atoms with van der Waals surface area (Å²) in [7, 11) is 0. The molecule has 5 nitrogen and oxygen atoms in total. The van der Waals surface area contributed by atoms with Crippen molar-refractivity contribution in [3.63, 3.8) is 0 Å². The second kappa shape index (κ2) is 8.29. The summed E-state index contributed by atoms with van der Waals surface area (Å²) in [6, 6.07) is 10.3. The van der Waals surface area contributed by atoms with E-state index in [1.165, 1.54) is 5.56 Å². The predicted octanol–water partition coefficient (Wildman–Crippen LogP) is 1.86. The first-order chi connectivity index (χ1) is 11.7. The number of carbonyl (C=O) groups is 2. The first kappa shape index (κ1) is 17.0. The number of hydrogen-bond donors (Lipinski definition) is 0. The number of amides is 2. The molecular formula is C19H26N2O3. The van der Waals surface area contributed by atoms with Gasteiger partial charge >= 0.3 is 0 Å². The van der Waals surface area contributed by atoms with E-state index in [9.17, 15) is 9.59 Å². The van der Waals surface area contributed by atoms with Crippen LogP contribution in [0.1, 0.15) is 31.2 Å². The van der Waals surface area contributed by atoms with Crippen LogP contribution in [0.3, 0.4) is 0 Å². The number of hydrogen-bond acceptors (Lipinski definition) is 3. The highest BCUT2D eigenvalue weighted by molar-refractivity contribution is 5.78. The standard InChI is InChI=1S/C19H26N2O3/c22-18-8-4-10-20(18)11-5-9-19(23)21-12-13-24-17(15-21)14-16-6-2-1-3-7-16/h1-3,6-7,17H,4-5,8-15H2/t17-/m0/s1. The molecule has 2 aliphatic heterocycles. The minimum atomic E-state index is 0.0743. The molecule has 0 aliphatic carbocycles. The van der Waals surface area contributed by atoms with Gasteiger partial charge < -0.3 is 14.5 Å². The Labute approximate surface area is 143 Å². The van der Waals surface area contributed by atoms with Crippen LogP contribution in [0, 0.1) is 0 Å². The number of morpholine rings is 1. The van der Waals surface area contributed by atoms with Gasteiger partial charge in [0.2, 0.25) is 11.8 Å². The van der Waals surface area contributed by atoms with Crippen molar-refractivity contribution in [2.75, 3.05) is 32.8 Å². The zero-order valence-corrected chi connectivity index (χ0v) is 14.2. The fourth-order valence-electron chi connectivity index (χ4n) is 3.47. The summed E-state index contributed by atoms with van der Waals surface area (Å²) in [4.78, 5) is 27.8. The van der Waals surface area contributed by atoms with Crippen LogP contribution in [0.4, 0.5) is 0 Å². The molecule has 1 aromatic rings. The molecule has 0 aromatic heterocycles. The average molecular weight is 330 g/mol. The van der Waals surface area contributed by atoms with Gasteiger partial charge in [0, 0.05) is 45.4 Å². The van der Waals surface area contributed by atoms with Crippen molar-refractivity contribution in [3.8, 4) is 0 Å². The van der Waals surface area contributed by atoms with Crippen LogP contribution in [0.5, 0.6) is 0 Å². The molecule has 24 heavy (non-hydrogen) atoms. The molecule has 130 valence electrons. The molecule has 0 unspecified atom stereocenters. The normalized spacial score (nSPS) is 21.3. The smallest absolute Gasteiger partial charge is 0.222 e. The van der Waals surface area contributed by atoms with E-state index in [0.717, 1.165) is 25.8 Å². The van der Waals surface area contributed by atoms with Gasteiger partial charge in [0.05, 0.1) is 12.7 Å². The first-order valence-electron chi connectivity index (χ1n) is 8.93. The number of rotatable bonds is 6. The maximum atomic E-state index is 12.4. The average Bonchev–Trinajstić information content (AvgIpc) is 3.01. The Hall–Kier alpha value is -1.88. The first-order valence-corrected chi connectivity index (χ1v) is 8.93. The second-order valence-electron chi connectivity index (χ2n) is 6.61. The van der Waals surface area contributed by atoms with E-state index in [0.29, 0.717) is 39.1 Å². The molecule has 2 heterocycles. The summed E-state index contributed by atoms with van der Waals surface area (Å²) < 4.78 is 5.82. The van der Waals surface area contributed by atoms with Gasteiger partial charge in [-0.15, -0.1) is 0 Å². The van der Waals surface area contributed by atoms with Crippen LogP contribution in [0.15, 0.2) is 30.3 Å². The van der Waals surface area contributed by atoms with E-state index in [-0.39, 0.29) is 17.9 Å². The predicted molar refractivity (Wildman–Crippen MR) is 91.5 cm³/mol. The molecule has 2 amide bonds. The second-order valence-corrected chi connectivity index (χ2v) is 6.61. The third-order valence-corrected chi connectivity index (χ3v) is 4.79. The molecule has 2 saturated heterocycles. The van der Waals surface area contributed by atoms with Gasteiger partial charge in [-0.25, -0.2) is 0 Å². The summed E-state index contributed by atoms with van der Waals surface area (Å²) in [5.74, 6) is 0.416. The third kappa shape index (κ3) is 4.57. The SMILES string of the molecule is O=C1CCCN1CCCC(=O)N1CCO[C@@H](Cc2ccccc2)C1. The van der Waals surface area contributed by atoms with Crippen LogP contribution in [0.25, 0.3) is 0 Å². The lowest BCUT2D eigenvalue weighted by Gasteiger charge is -2.33. The highest BCUT2D eigenvalue weighted by Crippen LogP contribution is 2.14. The Bertz CT molecular complexity index is 561. The maximum Gasteiger partial charge on any atom is 0.222 e. The monoisotopic (exact) mass is 330 g/mol. The molecule has 0 spiro atoms. The highest BCUT2D eigenvalue weighted by Gasteiger charge is 2.25. The van der Waals surface area contributed by atoms with Gasteiger partial charge in [-0.05, 0) is 18.4 Å². The lowest BCUT2D eigenvalue weighted by Crippen LogP contribution is -2.46. The van der Waals surface area contributed by atoms with Crippen molar-refractivity contribution in [2.24, 2.45) is 0 Å². The fraction of sp³-hybridized carbons (Fsp3) is 0.579. The molecule has 1 aromatic carbocycles. The maximum absolute atomic E-state index is 12.4. The lowest BCUT2D eigenvalue weighted by atomic mass is 10.1. The van der Waals surface area contributed by atoms with E-state index in [2.05, 4.69) is 12.1 Å². The minimum Gasteiger partial charge on any atom is -0.374 e. The Morgan fingerprint density at radius 1 is 1.21 bits per heavy atom. The molecule has 0 N–H and O–H groups in total. The molecule has 0 radical (unpaired) electrons. The fourth-order valence-corrected chi connectivity index (χ4v) is 3.47. The van der Waals surface area contributed by atoms with E-state index < -0.39 is 0 Å². The van der Waals surface area contributed by atoms with Gasteiger partial charge in [-0.1, -0.05) is 30.3 Å². The van der Waals surface area contributed by atoms with Crippen molar-refractivity contribution in [2.45, 2.75) is 38.2 Å². The molecule has 5 heteroatoms. The van der Waals surface area contributed by atoms with Crippen LogP contribution >= 0.6 is 0 Å². The summed E-state index contributed by atoms with van der Waals surface area (Å²) in [5, 5.41) is 0. The van der Waals surface area contributed by atoms with Crippen molar-refractivity contribution in [1.29, 1.82) is 0 Å². The number of carbonyl (C=O) groups excluding carboxylic acids is 2. The van der Waals surface area contributed by atoms with Crippen molar-refractivity contribution in [1.82, 2.24) is 9.80 Å². The van der Waals surface area contributed by atoms with Crippen molar-refractivity contribution in [3.05, 3.63) is 35.9 Å². The number of nitrogens with zero attached hydrogens (tertiary/aromatic N) is 2. The topological polar surface area (TPSA) is 49.9 Å². The molecule has 3 rings (SSSR count). The van der Waals surface area contributed by atoms with Crippen LogP contribution < -0.4 is 0 Å². The Kier molecular flexibility index (Phi) is 5.86.